The normalized spacial score (nSPS) is 18.1. The van der Waals surface area contributed by atoms with Crippen molar-refractivity contribution in [3.8, 4) is 6.07 Å². The predicted octanol–water partition coefficient (Wildman–Crippen LogP) is 2.92. The molecule has 2 heterocycles. The third-order valence-electron chi connectivity index (χ3n) is 4.35. The van der Waals surface area contributed by atoms with E-state index in [1.54, 1.807) is 6.20 Å². The Morgan fingerprint density at radius 1 is 1.09 bits per heavy atom. The first kappa shape index (κ1) is 14.6. The van der Waals surface area contributed by atoms with Crippen LogP contribution in [0.4, 0.5) is 5.82 Å². The minimum Gasteiger partial charge on any atom is -0.363 e. The van der Waals surface area contributed by atoms with Gasteiger partial charge in [0, 0.05) is 6.20 Å². The molecule has 1 saturated heterocycles. The van der Waals surface area contributed by atoms with Gasteiger partial charge in [0.1, 0.15) is 5.82 Å². The van der Waals surface area contributed by atoms with E-state index in [2.05, 4.69) is 21.7 Å². The summed E-state index contributed by atoms with van der Waals surface area (Å²) >= 11 is 0. The Bertz CT molecular complexity index is 627. The largest absolute Gasteiger partial charge is 0.363 e. The molecule has 2 aromatic rings. The van der Waals surface area contributed by atoms with Gasteiger partial charge in [-0.25, -0.2) is 4.98 Å². The van der Waals surface area contributed by atoms with Gasteiger partial charge in [0.2, 0.25) is 0 Å². The van der Waals surface area contributed by atoms with E-state index in [0.29, 0.717) is 0 Å². The molecule has 1 aromatic heterocycles. The Morgan fingerprint density at radius 2 is 1.82 bits per heavy atom. The molecule has 2 N–H and O–H groups in total. The summed E-state index contributed by atoms with van der Waals surface area (Å²) in [5, 5.41) is 16.8. The van der Waals surface area contributed by atoms with Crippen LogP contribution in [-0.4, -0.2) is 23.6 Å². The third kappa shape index (κ3) is 2.95. The molecule has 0 bridgehead atoms. The molecule has 0 saturated carbocycles. The first-order valence-corrected chi connectivity index (χ1v) is 7.69. The zero-order chi connectivity index (χ0) is 15.3. The van der Waals surface area contributed by atoms with Crippen LogP contribution in [0, 0.1) is 11.3 Å². The van der Waals surface area contributed by atoms with Gasteiger partial charge in [0.15, 0.2) is 0 Å². The molecular weight excluding hydrogens is 272 g/mol. The van der Waals surface area contributed by atoms with Crippen molar-refractivity contribution in [2.45, 2.75) is 24.3 Å². The number of hydrogen-bond donors (Lipinski definition) is 2. The van der Waals surface area contributed by atoms with Crippen molar-refractivity contribution in [2.75, 3.05) is 18.4 Å². The van der Waals surface area contributed by atoms with Crippen LogP contribution in [0.5, 0.6) is 0 Å². The van der Waals surface area contributed by atoms with Crippen molar-refractivity contribution in [3.63, 3.8) is 0 Å². The van der Waals surface area contributed by atoms with Crippen LogP contribution in [0.15, 0.2) is 54.7 Å². The lowest BCUT2D eigenvalue weighted by atomic mass is 9.74. The van der Waals surface area contributed by atoms with Crippen molar-refractivity contribution >= 4 is 5.82 Å². The zero-order valence-corrected chi connectivity index (χ0v) is 12.5. The number of benzene rings is 1. The Labute approximate surface area is 131 Å². The van der Waals surface area contributed by atoms with Crippen LogP contribution >= 0.6 is 0 Å². The maximum atomic E-state index is 9.84. The summed E-state index contributed by atoms with van der Waals surface area (Å²) in [5.74, 6) is 0.637. The van der Waals surface area contributed by atoms with Crippen molar-refractivity contribution in [3.05, 3.63) is 60.3 Å². The van der Waals surface area contributed by atoms with Gasteiger partial charge in [-0.05, 0) is 43.6 Å². The van der Waals surface area contributed by atoms with Crippen LogP contribution in [-0.2, 0) is 0 Å². The van der Waals surface area contributed by atoms with E-state index >= 15 is 0 Å². The first-order valence-electron chi connectivity index (χ1n) is 7.69. The summed E-state index contributed by atoms with van der Waals surface area (Å²) in [6.45, 7) is 1.82. The second-order valence-electron chi connectivity index (χ2n) is 5.72. The average Bonchev–Trinajstić information content (AvgIpc) is 2.58. The maximum Gasteiger partial charge on any atom is 0.126 e. The summed E-state index contributed by atoms with van der Waals surface area (Å²) in [5.41, 5.74) is 0.783. The number of nitrogens with zero attached hydrogens (tertiary/aromatic N) is 2. The van der Waals surface area contributed by atoms with Crippen LogP contribution in [0.2, 0.25) is 0 Å². The Kier molecular flexibility index (Phi) is 4.36. The molecule has 3 rings (SSSR count). The molecule has 1 unspecified atom stereocenters. The van der Waals surface area contributed by atoms with Gasteiger partial charge in [-0.3, -0.25) is 0 Å². The lowest BCUT2D eigenvalue weighted by Crippen LogP contribution is -2.51. The topological polar surface area (TPSA) is 60.7 Å². The molecule has 0 amide bonds. The van der Waals surface area contributed by atoms with E-state index in [1.165, 1.54) is 0 Å². The van der Waals surface area contributed by atoms with Gasteiger partial charge in [-0.2, -0.15) is 5.26 Å². The van der Waals surface area contributed by atoms with Gasteiger partial charge in [-0.1, -0.05) is 36.4 Å². The third-order valence-corrected chi connectivity index (χ3v) is 4.35. The number of anilines is 1. The molecule has 0 aliphatic carbocycles. The highest BCUT2D eigenvalue weighted by molar-refractivity contribution is 5.43. The van der Waals surface area contributed by atoms with Gasteiger partial charge in [0.05, 0.1) is 17.5 Å². The summed E-state index contributed by atoms with van der Waals surface area (Å²) < 4.78 is 0. The monoisotopic (exact) mass is 292 g/mol. The first-order chi connectivity index (χ1) is 10.8. The number of piperidine rings is 1. The standard InChI is InChI=1S/C18H20N4/c19-14-16(15-6-2-1-3-7-15)18(9-12-20-13-10-18)22-17-8-4-5-11-21-17/h1-8,11,16,20H,9-10,12-13H2,(H,21,22). The summed E-state index contributed by atoms with van der Waals surface area (Å²) in [6, 6.07) is 18.4. The molecule has 0 radical (unpaired) electrons. The minimum absolute atomic E-state index is 0.196. The number of nitriles is 1. The number of pyridine rings is 1. The highest BCUT2D eigenvalue weighted by Gasteiger charge is 2.41. The van der Waals surface area contributed by atoms with Crippen molar-refractivity contribution in [1.82, 2.24) is 10.3 Å². The van der Waals surface area contributed by atoms with E-state index in [9.17, 15) is 5.26 Å². The van der Waals surface area contributed by atoms with Gasteiger partial charge < -0.3 is 10.6 Å². The number of aromatic nitrogens is 1. The fraction of sp³-hybridized carbons (Fsp3) is 0.333. The van der Waals surface area contributed by atoms with E-state index in [0.717, 1.165) is 37.3 Å². The Morgan fingerprint density at radius 3 is 2.45 bits per heavy atom. The molecule has 1 atom stereocenters. The molecule has 112 valence electrons. The van der Waals surface area contributed by atoms with Gasteiger partial charge in [0.25, 0.3) is 0 Å². The minimum atomic E-state index is -0.282. The smallest absolute Gasteiger partial charge is 0.126 e. The highest BCUT2D eigenvalue weighted by atomic mass is 15.1. The molecular formula is C18H20N4. The van der Waals surface area contributed by atoms with Crippen molar-refractivity contribution in [2.24, 2.45) is 0 Å². The van der Waals surface area contributed by atoms with Gasteiger partial charge >= 0.3 is 0 Å². The van der Waals surface area contributed by atoms with Gasteiger partial charge in [-0.15, -0.1) is 0 Å². The SMILES string of the molecule is N#CC(c1ccccc1)C1(Nc2ccccn2)CCNCC1. The van der Waals surface area contributed by atoms with Crippen LogP contribution in [0.3, 0.4) is 0 Å². The van der Waals surface area contributed by atoms with Crippen LogP contribution in [0.1, 0.15) is 24.3 Å². The lowest BCUT2D eigenvalue weighted by Gasteiger charge is -2.42. The molecule has 4 nitrogen and oxygen atoms in total. The summed E-state index contributed by atoms with van der Waals surface area (Å²) in [4.78, 5) is 4.39. The molecule has 22 heavy (non-hydrogen) atoms. The van der Waals surface area contributed by atoms with E-state index in [4.69, 9.17) is 0 Å². The molecule has 4 heteroatoms. The number of hydrogen-bond acceptors (Lipinski definition) is 4. The molecule has 1 aliphatic heterocycles. The van der Waals surface area contributed by atoms with Crippen LogP contribution in [0.25, 0.3) is 0 Å². The fourth-order valence-corrected chi connectivity index (χ4v) is 3.21. The quantitative estimate of drug-likeness (QED) is 0.909. The predicted molar refractivity (Wildman–Crippen MR) is 87.5 cm³/mol. The maximum absolute atomic E-state index is 9.84. The molecule has 1 aliphatic rings. The number of rotatable bonds is 4. The zero-order valence-electron chi connectivity index (χ0n) is 12.5. The molecule has 1 fully saturated rings. The Balaban J connectivity index is 1.96. The summed E-state index contributed by atoms with van der Waals surface area (Å²) in [7, 11) is 0. The van der Waals surface area contributed by atoms with E-state index in [-0.39, 0.29) is 11.5 Å². The molecule has 1 aromatic carbocycles. The van der Waals surface area contributed by atoms with Crippen LogP contribution < -0.4 is 10.6 Å². The lowest BCUT2D eigenvalue weighted by molar-refractivity contribution is 0.314. The Hall–Kier alpha value is -2.38. The van der Waals surface area contributed by atoms with E-state index < -0.39 is 0 Å². The highest BCUT2D eigenvalue weighted by Crippen LogP contribution is 2.37. The van der Waals surface area contributed by atoms with E-state index in [1.807, 2.05) is 48.5 Å². The average molecular weight is 292 g/mol. The van der Waals surface area contributed by atoms with Crippen molar-refractivity contribution < 1.29 is 0 Å². The fourth-order valence-electron chi connectivity index (χ4n) is 3.21. The van der Waals surface area contributed by atoms with Crippen molar-refractivity contribution in [1.29, 1.82) is 5.26 Å². The second kappa shape index (κ2) is 6.59. The molecule has 0 spiro atoms. The second-order valence-corrected chi connectivity index (χ2v) is 5.72. The number of nitrogens with one attached hydrogen (secondary N) is 2. The summed E-state index contributed by atoms with van der Waals surface area (Å²) in [6.07, 6.45) is 3.58.